The molecule has 0 unspecified atom stereocenters. The van der Waals surface area contributed by atoms with Crippen LogP contribution in [0.25, 0.3) is 0 Å². The Morgan fingerprint density at radius 3 is 2.33 bits per heavy atom. The highest BCUT2D eigenvalue weighted by Gasteiger charge is 2.40. The molecule has 0 aliphatic carbocycles. The summed E-state index contributed by atoms with van der Waals surface area (Å²) in [7, 11) is 0. The summed E-state index contributed by atoms with van der Waals surface area (Å²) in [4.78, 5) is 40.7. The van der Waals surface area contributed by atoms with Crippen LogP contribution in [0.15, 0.2) is 24.3 Å². The van der Waals surface area contributed by atoms with Gasteiger partial charge in [0.25, 0.3) is 0 Å². The first-order valence-corrected chi connectivity index (χ1v) is 10.7. The van der Waals surface area contributed by atoms with Crippen LogP contribution in [0.3, 0.4) is 0 Å². The van der Waals surface area contributed by atoms with Gasteiger partial charge in [0, 0.05) is 44.9 Å². The molecule has 0 aromatic heterocycles. The van der Waals surface area contributed by atoms with Crippen molar-refractivity contribution in [3.8, 4) is 0 Å². The molecule has 3 rings (SSSR count). The highest BCUT2D eigenvalue weighted by Crippen LogP contribution is 2.36. The molecular weight excluding hydrogens is 384 g/mol. The van der Waals surface area contributed by atoms with Crippen LogP contribution in [0, 0.1) is 12.3 Å². The molecule has 7 nitrogen and oxygen atoms in total. The first-order chi connectivity index (χ1) is 14.4. The summed E-state index contributed by atoms with van der Waals surface area (Å²) in [6.45, 7) is 7.09. The molecular formula is C23H32N2O5. The van der Waals surface area contributed by atoms with E-state index < -0.39 is 5.41 Å². The van der Waals surface area contributed by atoms with Gasteiger partial charge in [0.2, 0.25) is 11.8 Å². The molecule has 0 saturated carbocycles. The van der Waals surface area contributed by atoms with Crippen LogP contribution in [0.4, 0.5) is 0 Å². The second-order valence-electron chi connectivity index (χ2n) is 8.50. The van der Waals surface area contributed by atoms with Crippen LogP contribution in [0.5, 0.6) is 0 Å². The highest BCUT2D eigenvalue weighted by atomic mass is 16.5. The number of nitrogens with zero attached hydrogens (tertiary/aromatic N) is 2. The number of hydrogen-bond acceptors (Lipinski definition) is 5. The van der Waals surface area contributed by atoms with E-state index in [0.29, 0.717) is 65.1 Å². The molecule has 2 aliphatic rings. The third-order valence-electron chi connectivity index (χ3n) is 6.09. The van der Waals surface area contributed by atoms with E-state index in [0.717, 1.165) is 11.1 Å². The maximum Gasteiger partial charge on any atom is 0.302 e. The highest BCUT2D eigenvalue weighted by molar-refractivity contribution is 5.79. The van der Waals surface area contributed by atoms with Gasteiger partial charge in [-0.2, -0.15) is 0 Å². The van der Waals surface area contributed by atoms with E-state index in [-0.39, 0.29) is 24.4 Å². The molecule has 0 bridgehead atoms. The number of aryl methyl sites for hydroxylation is 1. The van der Waals surface area contributed by atoms with Gasteiger partial charge < -0.3 is 19.3 Å². The Bertz CT molecular complexity index is 765. The molecule has 0 radical (unpaired) electrons. The largest absolute Gasteiger partial charge is 0.465 e. The standard InChI is InChI=1S/C23H32N2O5/c1-18-4-3-5-20(14-18)15-21(27)24-8-6-23(7-9-24,17-30-19(2)26)16-22(28)25-10-12-29-13-11-25/h3-5,14H,6-13,15-17H2,1-2H3. The Hall–Kier alpha value is -2.41. The summed E-state index contributed by atoms with van der Waals surface area (Å²) >= 11 is 0. The van der Waals surface area contributed by atoms with Crippen molar-refractivity contribution in [2.24, 2.45) is 5.41 Å². The Morgan fingerprint density at radius 2 is 1.70 bits per heavy atom. The van der Waals surface area contributed by atoms with Crippen molar-refractivity contribution >= 4 is 17.8 Å². The van der Waals surface area contributed by atoms with E-state index in [2.05, 4.69) is 0 Å². The van der Waals surface area contributed by atoms with Gasteiger partial charge in [0.1, 0.15) is 0 Å². The average molecular weight is 417 g/mol. The lowest BCUT2D eigenvalue weighted by molar-refractivity contribution is -0.152. The minimum Gasteiger partial charge on any atom is -0.465 e. The lowest BCUT2D eigenvalue weighted by Crippen LogP contribution is -2.49. The van der Waals surface area contributed by atoms with Crippen LogP contribution in [-0.2, 0) is 30.3 Å². The second-order valence-corrected chi connectivity index (χ2v) is 8.50. The average Bonchev–Trinajstić information content (AvgIpc) is 2.73. The molecule has 0 spiro atoms. The van der Waals surface area contributed by atoms with E-state index >= 15 is 0 Å². The molecule has 2 amide bonds. The fraction of sp³-hybridized carbons (Fsp3) is 0.609. The predicted octanol–water partition coefficient (Wildman–Crippen LogP) is 1.96. The maximum atomic E-state index is 12.9. The summed E-state index contributed by atoms with van der Waals surface area (Å²) in [5.74, 6) is -0.169. The SMILES string of the molecule is CC(=O)OCC1(CC(=O)N2CCOCC2)CCN(C(=O)Cc2cccc(C)c2)CC1. The van der Waals surface area contributed by atoms with Gasteiger partial charge in [-0.1, -0.05) is 29.8 Å². The first-order valence-electron chi connectivity index (χ1n) is 10.7. The molecule has 164 valence electrons. The van der Waals surface area contributed by atoms with Gasteiger partial charge in [-0.05, 0) is 25.3 Å². The number of esters is 1. The molecule has 7 heteroatoms. The number of benzene rings is 1. The van der Waals surface area contributed by atoms with Crippen molar-refractivity contribution < 1.29 is 23.9 Å². The number of hydrogen-bond donors (Lipinski definition) is 0. The zero-order valence-corrected chi connectivity index (χ0v) is 18.0. The van der Waals surface area contributed by atoms with Crippen LogP contribution in [0.1, 0.15) is 37.3 Å². The number of amides is 2. The molecule has 30 heavy (non-hydrogen) atoms. The van der Waals surface area contributed by atoms with Crippen LogP contribution in [0.2, 0.25) is 0 Å². The Balaban J connectivity index is 1.60. The van der Waals surface area contributed by atoms with Gasteiger partial charge in [0.15, 0.2) is 0 Å². The number of morpholine rings is 1. The second kappa shape index (κ2) is 10.1. The van der Waals surface area contributed by atoms with E-state index in [1.807, 2.05) is 41.0 Å². The summed E-state index contributed by atoms with van der Waals surface area (Å²) in [6, 6.07) is 7.99. The summed E-state index contributed by atoms with van der Waals surface area (Å²) < 4.78 is 10.7. The number of piperidine rings is 1. The van der Waals surface area contributed by atoms with Crippen LogP contribution in [-0.4, -0.2) is 73.6 Å². The zero-order chi connectivity index (χ0) is 21.6. The smallest absolute Gasteiger partial charge is 0.302 e. The molecule has 2 saturated heterocycles. The molecule has 1 aromatic rings. The number of ether oxygens (including phenoxy) is 2. The van der Waals surface area contributed by atoms with Crippen molar-refractivity contribution in [3.63, 3.8) is 0 Å². The van der Waals surface area contributed by atoms with Gasteiger partial charge in [0.05, 0.1) is 26.2 Å². The Kier molecular flexibility index (Phi) is 7.48. The van der Waals surface area contributed by atoms with Gasteiger partial charge in [-0.25, -0.2) is 0 Å². The Morgan fingerprint density at radius 1 is 1.03 bits per heavy atom. The van der Waals surface area contributed by atoms with Gasteiger partial charge >= 0.3 is 5.97 Å². The minimum atomic E-state index is -0.416. The fourth-order valence-electron chi connectivity index (χ4n) is 4.21. The zero-order valence-electron chi connectivity index (χ0n) is 18.0. The summed E-state index contributed by atoms with van der Waals surface area (Å²) in [5, 5.41) is 0. The number of likely N-dealkylation sites (tertiary alicyclic amines) is 1. The lowest BCUT2D eigenvalue weighted by atomic mass is 9.75. The maximum absolute atomic E-state index is 12.9. The molecule has 2 fully saturated rings. The monoisotopic (exact) mass is 416 g/mol. The number of rotatable bonds is 6. The summed E-state index contributed by atoms with van der Waals surface area (Å²) in [5.41, 5.74) is 1.74. The molecule has 2 heterocycles. The van der Waals surface area contributed by atoms with Gasteiger partial charge in [-0.3, -0.25) is 14.4 Å². The van der Waals surface area contributed by atoms with Gasteiger partial charge in [-0.15, -0.1) is 0 Å². The summed E-state index contributed by atoms with van der Waals surface area (Å²) in [6.07, 6.45) is 2.01. The normalized spacial score (nSPS) is 18.7. The molecule has 2 aliphatic heterocycles. The van der Waals surface area contributed by atoms with Crippen molar-refractivity contribution in [1.29, 1.82) is 0 Å². The van der Waals surface area contributed by atoms with Crippen molar-refractivity contribution in [2.45, 2.75) is 39.5 Å². The molecule has 0 N–H and O–H groups in total. The number of carbonyl (C=O) groups excluding carboxylic acids is 3. The van der Waals surface area contributed by atoms with Crippen LogP contribution >= 0.6 is 0 Å². The predicted molar refractivity (Wildman–Crippen MR) is 112 cm³/mol. The first kappa shape index (κ1) is 22.3. The van der Waals surface area contributed by atoms with E-state index in [9.17, 15) is 14.4 Å². The topological polar surface area (TPSA) is 76.2 Å². The van der Waals surface area contributed by atoms with E-state index in [1.54, 1.807) is 0 Å². The van der Waals surface area contributed by atoms with E-state index in [1.165, 1.54) is 6.92 Å². The molecule has 0 atom stereocenters. The third-order valence-corrected chi connectivity index (χ3v) is 6.09. The lowest BCUT2D eigenvalue weighted by Gasteiger charge is -2.42. The van der Waals surface area contributed by atoms with Crippen molar-refractivity contribution in [1.82, 2.24) is 9.80 Å². The van der Waals surface area contributed by atoms with Crippen LogP contribution < -0.4 is 0 Å². The third kappa shape index (κ3) is 6.05. The Labute approximate surface area is 178 Å². The quantitative estimate of drug-likeness (QED) is 0.663. The fourth-order valence-corrected chi connectivity index (χ4v) is 4.21. The van der Waals surface area contributed by atoms with Crippen molar-refractivity contribution in [3.05, 3.63) is 35.4 Å². The minimum absolute atomic E-state index is 0.0741. The van der Waals surface area contributed by atoms with E-state index in [4.69, 9.17) is 9.47 Å². The number of carbonyl (C=O) groups is 3. The molecule has 1 aromatic carbocycles. The van der Waals surface area contributed by atoms with Crippen molar-refractivity contribution in [2.75, 3.05) is 46.0 Å².